The molecule has 0 radical (unpaired) electrons. The molecule has 0 heterocycles. The lowest BCUT2D eigenvalue weighted by Crippen LogP contribution is -2.17. The summed E-state index contributed by atoms with van der Waals surface area (Å²) in [5.41, 5.74) is 1.60. The number of rotatable bonds is 8. The topological polar surface area (TPSA) is 61.8 Å². The van der Waals surface area contributed by atoms with Crippen LogP contribution in [-0.2, 0) is 11.4 Å². The van der Waals surface area contributed by atoms with E-state index in [0.717, 1.165) is 5.56 Å². The minimum atomic E-state index is -0.536. The van der Waals surface area contributed by atoms with Crippen molar-refractivity contribution in [2.45, 2.75) is 13.5 Å². The number of esters is 1. The van der Waals surface area contributed by atoms with Gasteiger partial charge in [0.05, 0.1) is 0 Å². The first-order chi connectivity index (χ1) is 13.6. The van der Waals surface area contributed by atoms with Crippen LogP contribution in [0, 0.1) is 0 Å². The van der Waals surface area contributed by atoms with E-state index in [-0.39, 0.29) is 12.4 Å². The minimum Gasteiger partial charge on any atom is -0.489 e. The second kappa shape index (κ2) is 9.37. The van der Waals surface area contributed by atoms with Crippen LogP contribution in [0.2, 0.25) is 0 Å². The quantitative estimate of drug-likeness (QED) is 0.330. The van der Waals surface area contributed by atoms with E-state index in [4.69, 9.17) is 14.2 Å². The Balaban J connectivity index is 1.47. The van der Waals surface area contributed by atoms with E-state index in [0.29, 0.717) is 29.4 Å². The Hall–Kier alpha value is -3.60. The maximum absolute atomic E-state index is 12.0. The van der Waals surface area contributed by atoms with Crippen molar-refractivity contribution in [2.24, 2.45) is 0 Å². The standard InChI is InChI=1S/C23H20O5/c1-17(24)19-8-5-9-22(14-19)27-16-23(25)28-21-12-10-20(11-13-21)26-15-18-6-3-2-4-7-18/h2-14H,15-16H2,1H3. The highest BCUT2D eigenvalue weighted by Crippen LogP contribution is 2.19. The van der Waals surface area contributed by atoms with E-state index < -0.39 is 5.97 Å². The molecule has 28 heavy (non-hydrogen) atoms. The predicted molar refractivity (Wildman–Crippen MR) is 105 cm³/mol. The van der Waals surface area contributed by atoms with Crippen molar-refractivity contribution in [1.29, 1.82) is 0 Å². The molecule has 0 saturated carbocycles. The number of ether oxygens (including phenoxy) is 3. The predicted octanol–water partition coefficient (Wildman–Crippen LogP) is 4.45. The third-order valence-corrected chi connectivity index (χ3v) is 3.90. The molecular formula is C23H20O5. The minimum absolute atomic E-state index is 0.0670. The highest BCUT2D eigenvalue weighted by atomic mass is 16.6. The van der Waals surface area contributed by atoms with Crippen molar-refractivity contribution in [2.75, 3.05) is 6.61 Å². The zero-order valence-corrected chi connectivity index (χ0v) is 15.5. The Labute approximate surface area is 163 Å². The van der Waals surface area contributed by atoms with Gasteiger partial charge in [0.15, 0.2) is 12.4 Å². The zero-order valence-electron chi connectivity index (χ0n) is 15.5. The van der Waals surface area contributed by atoms with Gasteiger partial charge in [0.1, 0.15) is 23.9 Å². The first-order valence-electron chi connectivity index (χ1n) is 8.81. The third-order valence-electron chi connectivity index (χ3n) is 3.90. The van der Waals surface area contributed by atoms with Crippen LogP contribution >= 0.6 is 0 Å². The molecule has 0 bridgehead atoms. The SMILES string of the molecule is CC(=O)c1cccc(OCC(=O)Oc2ccc(OCc3ccccc3)cc2)c1. The highest BCUT2D eigenvalue weighted by molar-refractivity contribution is 5.94. The van der Waals surface area contributed by atoms with Crippen LogP contribution in [0.25, 0.3) is 0 Å². The average Bonchev–Trinajstić information content (AvgIpc) is 2.73. The van der Waals surface area contributed by atoms with Gasteiger partial charge >= 0.3 is 5.97 Å². The fraction of sp³-hybridized carbons (Fsp3) is 0.130. The molecule has 0 aliphatic carbocycles. The van der Waals surface area contributed by atoms with E-state index in [1.807, 2.05) is 30.3 Å². The van der Waals surface area contributed by atoms with E-state index in [1.165, 1.54) is 6.92 Å². The molecule has 0 saturated heterocycles. The van der Waals surface area contributed by atoms with Crippen LogP contribution in [0.5, 0.6) is 17.2 Å². The number of benzene rings is 3. The summed E-state index contributed by atoms with van der Waals surface area (Å²) < 4.78 is 16.3. The number of hydrogen-bond donors (Lipinski definition) is 0. The summed E-state index contributed by atoms with van der Waals surface area (Å²) in [6.07, 6.45) is 0. The molecule has 5 nitrogen and oxygen atoms in total. The molecule has 0 fully saturated rings. The van der Waals surface area contributed by atoms with Crippen molar-refractivity contribution >= 4 is 11.8 Å². The van der Waals surface area contributed by atoms with Crippen LogP contribution in [-0.4, -0.2) is 18.4 Å². The van der Waals surface area contributed by atoms with Gasteiger partial charge in [0.2, 0.25) is 0 Å². The summed E-state index contributed by atoms with van der Waals surface area (Å²) in [5, 5.41) is 0. The second-order valence-electron chi connectivity index (χ2n) is 6.09. The summed E-state index contributed by atoms with van der Waals surface area (Å²) in [6.45, 7) is 1.68. The summed E-state index contributed by atoms with van der Waals surface area (Å²) in [4.78, 5) is 23.3. The van der Waals surface area contributed by atoms with E-state index in [2.05, 4.69) is 0 Å². The number of Topliss-reactive ketones (excluding diaryl/α,β-unsaturated/α-hetero) is 1. The van der Waals surface area contributed by atoms with Gasteiger partial charge in [-0.1, -0.05) is 42.5 Å². The molecular weight excluding hydrogens is 356 g/mol. The maximum Gasteiger partial charge on any atom is 0.349 e. The van der Waals surface area contributed by atoms with Crippen molar-refractivity contribution in [1.82, 2.24) is 0 Å². The molecule has 5 heteroatoms. The van der Waals surface area contributed by atoms with Gasteiger partial charge in [-0.2, -0.15) is 0 Å². The lowest BCUT2D eigenvalue weighted by molar-refractivity contribution is -0.136. The molecule has 142 valence electrons. The fourth-order valence-electron chi connectivity index (χ4n) is 2.45. The van der Waals surface area contributed by atoms with Gasteiger partial charge in [0, 0.05) is 5.56 Å². The van der Waals surface area contributed by atoms with Crippen molar-refractivity contribution in [3.05, 3.63) is 90.0 Å². The Morgan fingerprint density at radius 2 is 1.46 bits per heavy atom. The average molecular weight is 376 g/mol. The van der Waals surface area contributed by atoms with Gasteiger partial charge in [-0.25, -0.2) is 4.79 Å². The molecule has 0 atom stereocenters. The van der Waals surface area contributed by atoms with Gasteiger partial charge in [0.25, 0.3) is 0 Å². The van der Waals surface area contributed by atoms with Crippen molar-refractivity contribution in [3.63, 3.8) is 0 Å². The maximum atomic E-state index is 12.0. The highest BCUT2D eigenvalue weighted by Gasteiger charge is 2.08. The molecule has 3 rings (SSSR count). The van der Waals surface area contributed by atoms with E-state index >= 15 is 0 Å². The molecule has 0 aromatic heterocycles. The second-order valence-corrected chi connectivity index (χ2v) is 6.09. The summed E-state index contributed by atoms with van der Waals surface area (Å²) >= 11 is 0. The Bertz CT molecular complexity index is 933. The van der Waals surface area contributed by atoms with Gasteiger partial charge in [-0.05, 0) is 48.9 Å². The molecule has 3 aromatic rings. The van der Waals surface area contributed by atoms with Crippen LogP contribution < -0.4 is 14.2 Å². The first kappa shape index (κ1) is 19.2. The monoisotopic (exact) mass is 376 g/mol. The molecule has 3 aromatic carbocycles. The van der Waals surface area contributed by atoms with Crippen LogP contribution in [0.4, 0.5) is 0 Å². The number of hydrogen-bond acceptors (Lipinski definition) is 5. The largest absolute Gasteiger partial charge is 0.489 e. The molecule has 0 aliphatic rings. The van der Waals surface area contributed by atoms with Crippen LogP contribution in [0.15, 0.2) is 78.9 Å². The van der Waals surface area contributed by atoms with Crippen LogP contribution in [0.1, 0.15) is 22.8 Å². The summed E-state index contributed by atoms with van der Waals surface area (Å²) in [5.74, 6) is 0.919. The fourth-order valence-corrected chi connectivity index (χ4v) is 2.45. The van der Waals surface area contributed by atoms with Gasteiger partial charge < -0.3 is 14.2 Å². The Morgan fingerprint density at radius 3 is 2.18 bits per heavy atom. The zero-order chi connectivity index (χ0) is 19.8. The normalized spacial score (nSPS) is 10.2. The van der Waals surface area contributed by atoms with Crippen molar-refractivity contribution in [3.8, 4) is 17.2 Å². The number of ketones is 1. The summed E-state index contributed by atoms with van der Waals surface area (Å²) in [7, 11) is 0. The molecule has 0 amide bonds. The van der Waals surface area contributed by atoms with Crippen molar-refractivity contribution < 1.29 is 23.8 Å². The molecule has 0 unspecified atom stereocenters. The summed E-state index contributed by atoms with van der Waals surface area (Å²) in [6, 6.07) is 23.3. The lowest BCUT2D eigenvalue weighted by atomic mass is 10.1. The number of carbonyl (C=O) groups is 2. The Morgan fingerprint density at radius 1 is 0.750 bits per heavy atom. The first-order valence-corrected chi connectivity index (χ1v) is 8.81. The molecule has 0 aliphatic heterocycles. The molecule has 0 spiro atoms. The van der Waals surface area contributed by atoms with E-state index in [9.17, 15) is 9.59 Å². The Kier molecular flexibility index (Phi) is 6.41. The molecule has 0 N–H and O–H groups in total. The van der Waals surface area contributed by atoms with Crippen LogP contribution in [0.3, 0.4) is 0 Å². The smallest absolute Gasteiger partial charge is 0.349 e. The lowest BCUT2D eigenvalue weighted by Gasteiger charge is -2.09. The third kappa shape index (κ3) is 5.71. The number of carbonyl (C=O) groups excluding carboxylic acids is 2. The van der Waals surface area contributed by atoms with Gasteiger partial charge in [-0.3, -0.25) is 4.79 Å². The van der Waals surface area contributed by atoms with E-state index in [1.54, 1.807) is 48.5 Å². The van der Waals surface area contributed by atoms with Gasteiger partial charge in [-0.15, -0.1) is 0 Å².